The van der Waals surface area contributed by atoms with Gasteiger partial charge in [-0.3, -0.25) is 0 Å². The molecule has 1 aromatic heterocycles. The second kappa shape index (κ2) is 5.78. The van der Waals surface area contributed by atoms with Crippen LogP contribution in [0.2, 0.25) is 0 Å². The zero-order valence-corrected chi connectivity index (χ0v) is 11.9. The van der Waals surface area contributed by atoms with E-state index in [0.717, 1.165) is 19.0 Å². The largest absolute Gasteiger partial charge is 0.312 e. The predicted octanol–water partition coefficient (Wildman–Crippen LogP) is 3.58. The number of rotatable bonds is 5. The minimum Gasteiger partial charge on any atom is -0.312 e. The molecule has 0 spiro atoms. The molecule has 0 radical (unpaired) electrons. The first-order chi connectivity index (χ1) is 7.43. The molecule has 0 bridgehead atoms. The maximum Gasteiger partial charge on any atom is 0.0981 e. The normalized spacial score (nSPS) is 14.1. The van der Waals surface area contributed by atoms with E-state index in [1.165, 1.54) is 16.3 Å². The molecule has 1 aromatic rings. The third-order valence-electron chi connectivity index (χ3n) is 2.68. The van der Waals surface area contributed by atoms with Gasteiger partial charge in [0.2, 0.25) is 0 Å². The number of hydrogen-bond donors (Lipinski definition) is 1. The first kappa shape index (κ1) is 13.7. The molecular formula is C13H24N2S. The van der Waals surface area contributed by atoms with Crippen molar-refractivity contribution in [1.82, 2.24) is 10.3 Å². The van der Waals surface area contributed by atoms with E-state index < -0.39 is 0 Å². The highest BCUT2D eigenvalue weighted by molar-refractivity contribution is 7.11. The Morgan fingerprint density at radius 2 is 2.12 bits per heavy atom. The Balaban J connectivity index is 2.41. The summed E-state index contributed by atoms with van der Waals surface area (Å²) >= 11 is 1.83. The summed E-state index contributed by atoms with van der Waals surface area (Å²) in [6.07, 6.45) is 3.25. The van der Waals surface area contributed by atoms with Gasteiger partial charge in [-0.1, -0.05) is 41.0 Å². The fourth-order valence-corrected chi connectivity index (χ4v) is 2.26. The van der Waals surface area contributed by atoms with E-state index in [2.05, 4.69) is 44.9 Å². The van der Waals surface area contributed by atoms with Crippen LogP contribution in [0.1, 0.15) is 50.9 Å². The van der Waals surface area contributed by atoms with Crippen LogP contribution in [0.3, 0.4) is 0 Å². The van der Waals surface area contributed by atoms with E-state index in [1.807, 2.05) is 17.5 Å². The lowest BCUT2D eigenvalue weighted by Gasteiger charge is -2.13. The topological polar surface area (TPSA) is 24.9 Å². The number of aromatic nitrogens is 1. The van der Waals surface area contributed by atoms with Crippen molar-refractivity contribution in [2.45, 2.75) is 53.0 Å². The number of thiazole rings is 1. The Labute approximate surface area is 103 Å². The minimum absolute atomic E-state index is 0.180. The Hall–Kier alpha value is -0.410. The third-order valence-corrected chi connectivity index (χ3v) is 4.11. The van der Waals surface area contributed by atoms with Crippen molar-refractivity contribution >= 4 is 11.3 Å². The van der Waals surface area contributed by atoms with Gasteiger partial charge >= 0.3 is 0 Å². The van der Waals surface area contributed by atoms with Crippen LogP contribution in [0.5, 0.6) is 0 Å². The summed E-state index contributed by atoms with van der Waals surface area (Å²) in [6, 6.07) is 0. The van der Waals surface area contributed by atoms with Crippen LogP contribution in [0.15, 0.2) is 6.20 Å². The molecule has 1 unspecified atom stereocenters. The van der Waals surface area contributed by atoms with E-state index >= 15 is 0 Å². The molecule has 0 aliphatic heterocycles. The van der Waals surface area contributed by atoms with E-state index in [1.54, 1.807) is 0 Å². The summed E-state index contributed by atoms with van der Waals surface area (Å²) in [4.78, 5) is 5.82. The highest BCUT2D eigenvalue weighted by Crippen LogP contribution is 2.26. The Morgan fingerprint density at radius 1 is 1.44 bits per heavy atom. The van der Waals surface area contributed by atoms with Crippen LogP contribution in [0.25, 0.3) is 0 Å². The fraction of sp³-hybridized carbons (Fsp3) is 0.769. The summed E-state index contributed by atoms with van der Waals surface area (Å²) in [5, 5.41) is 4.72. The summed E-state index contributed by atoms with van der Waals surface area (Å²) in [7, 11) is 0. The van der Waals surface area contributed by atoms with Gasteiger partial charge in [-0.2, -0.15) is 0 Å². The van der Waals surface area contributed by atoms with Crippen molar-refractivity contribution in [3.63, 3.8) is 0 Å². The Bertz CT molecular complexity index is 312. The molecule has 0 saturated heterocycles. The molecule has 92 valence electrons. The summed E-state index contributed by atoms with van der Waals surface area (Å²) < 4.78 is 0. The summed E-state index contributed by atoms with van der Waals surface area (Å²) in [6.45, 7) is 13.2. The maximum atomic E-state index is 4.48. The molecule has 3 heteroatoms. The quantitative estimate of drug-likeness (QED) is 0.851. The van der Waals surface area contributed by atoms with Crippen LogP contribution >= 0.6 is 11.3 Å². The van der Waals surface area contributed by atoms with Crippen molar-refractivity contribution < 1.29 is 0 Å². The van der Waals surface area contributed by atoms with Crippen molar-refractivity contribution in [3.8, 4) is 0 Å². The van der Waals surface area contributed by atoms with Crippen molar-refractivity contribution in [2.24, 2.45) is 5.92 Å². The standard InChI is InChI=1S/C13H24N2S/c1-6-10(2)7-14-8-11-9-15-12(16-11)13(3,4)5/h9-10,14H,6-8H2,1-5H3. The maximum absolute atomic E-state index is 4.48. The SMILES string of the molecule is CCC(C)CNCc1cnc(C(C)(C)C)s1. The van der Waals surface area contributed by atoms with E-state index in [-0.39, 0.29) is 5.41 Å². The average Bonchev–Trinajstić information content (AvgIpc) is 2.65. The van der Waals surface area contributed by atoms with Crippen LogP contribution in [0.4, 0.5) is 0 Å². The molecule has 1 heterocycles. The predicted molar refractivity (Wildman–Crippen MR) is 72.0 cm³/mol. The molecule has 0 amide bonds. The summed E-state index contributed by atoms with van der Waals surface area (Å²) in [5.41, 5.74) is 0.180. The van der Waals surface area contributed by atoms with Crippen molar-refractivity contribution in [3.05, 3.63) is 16.1 Å². The molecule has 0 aliphatic carbocycles. The van der Waals surface area contributed by atoms with Gasteiger partial charge in [0, 0.05) is 23.0 Å². The molecule has 0 fully saturated rings. The monoisotopic (exact) mass is 240 g/mol. The van der Waals surface area contributed by atoms with Gasteiger partial charge in [0.15, 0.2) is 0 Å². The van der Waals surface area contributed by atoms with Gasteiger partial charge in [-0.05, 0) is 12.5 Å². The van der Waals surface area contributed by atoms with Gasteiger partial charge in [0.1, 0.15) is 0 Å². The zero-order valence-electron chi connectivity index (χ0n) is 11.1. The van der Waals surface area contributed by atoms with Gasteiger partial charge < -0.3 is 5.32 Å². The molecule has 1 rings (SSSR count). The first-order valence-corrected chi connectivity index (χ1v) is 6.91. The van der Waals surface area contributed by atoms with Gasteiger partial charge in [-0.25, -0.2) is 4.98 Å². The fourth-order valence-electron chi connectivity index (χ4n) is 1.32. The van der Waals surface area contributed by atoms with Crippen LogP contribution in [-0.2, 0) is 12.0 Å². The molecule has 0 aliphatic rings. The zero-order chi connectivity index (χ0) is 12.2. The summed E-state index contributed by atoms with van der Waals surface area (Å²) in [5.74, 6) is 0.759. The van der Waals surface area contributed by atoms with Crippen LogP contribution in [0, 0.1) is 5.92 Å². The second-order valence-corrected chi connectivity index (χ2v) is 6.64. The molecule has 2 nitrogen and oxygen atoms in total. The number of nitrogens with one attached hydrogen (secondary N) is 1. The highest BCUT2D eigenvalue weighted by atomic mass is 32.1. The third kappa shape index (κ3) is 4.22. The van der Waals surface area contributed by atoms with Crippen molar-refractivity contribution in [1.29, 1.82) is 0 Å². The highest BCUT2D eigenvalue weighted by Gasteiger charge is 2.17. The van der Waals surface area contributed by atoms with E-state index in [9.17, 15) is 0 Å². The lowest BCUT2D eigenvalue weighted by molar-refractivity contribution is 0.501. The number of hydrogen-bond acceptors (Lipinski definition) is 3. The average molecular weight is 240 g/mol. The first-order valence-electron chi connectivity index (χ1n) is 6.09. The molecule has 1 N–H and O–H groups in total. The lowest BCUT2D eigenvalue weighted by atomic mass is 9.98. The van der Waals surface area contributed by atoms with E-state index in [0.29, 0.717) is 0 Å². The Morgan fingerprint density at radius 3 is 2.62 bits per heavy atom. The van der Waals surface area contributed by atoms with Gasteiger partial charge in [-0.15, -0.1) is 11.3 Å². The smallest absolute Gasteiger partial charge is 0.0981 e. The van der Waals surface area contributed by atoms with Gasteiger partial charge in [0.25, 0.3) is 0 Å². The van der Waals surface area contributed by atoms with E-state index in [4.69, 9.17) is 0 Å². The second-order valence-electron chi connectivity index (χ2n) is 5.53. The molecular weight excluding hydrogens is 216 g/mol. The Kier molecular flexibility index (Phi) is 4.93. The van der Waals surface area contributed by atoms with Crippen LogP contribution in [-0.4, -0.2) is 11.5 Å². The molecule has 0 saturated carbocycles. The lowest BCUT2D eigenvalue weighted by Crippen LogP contribution is -2.19. The van der Waals surface area contributed by atoms with Crippen molar-refractivity contribution in [2.75, 3.05) is 6.54 Å². The molecule has 16 heavy (non-hydrogen) atoms. The minimum atomic E-state index is 0.180. The van der Waals surface area contributed by atoms with Gasteiger partial charge in [0.05, 0.1) is 5.01 Å². The molecule has 0 aromatic carbocycles. The number of nitrogens with zero attached hydrogens (tertiary/aromatic N) is 1. The molecule has 1 atom stereocenters. The van der Waals surface area contributed by atoms with Crippen LogP contribution < -0.4 is 5.32 Å².